The number of piperazine rings is 1. The lowest BCUT2D eigenvalue weighted by Crippen LogP contribution is -2.51. The van der Waals surface area contributed by atoms with Crippen LogP contribution in [0.4, 0.5) is 0 Å². The molecule has 0 amide bonds. The lowest BCUT2D eigenvalue weighted by Gasteiger charge is -2.42. The van der Waals surface area contributed by atoms with E-state index in [0.717, 1.165) is 86.8 Å². The van der Waals surface area contributed by atoms with Gasteiger partial charge in [-0.1, -0.05) is 12.1 Å². The van der Waals surface area contributed by atoms with Crippen molar-refractivity contribution in [3.63, 3.8) is 0 Å². The highest BCUT2D eigenvalue weighted by Gasteiger charge is 2.35. The van der Waals surface area contributed by atoms with Gasteiger partial charge in [-0.25, -0.2) is 0 Å². The Morgan fingerprint density at radius 3 is 2.66 bits per heavy atom. The molecule has 0 bridgehead atoms. The van der Waals surface area contributed by atoms with E-state index in [4.69, 9.17) is 4.74 Å². The monoisotopic (exact) mass is 479 g/mol. The number of rotatable bonds is 8. The second-order valence-corrected chi connectivity index (χ2v) is 11.0. The van der Waals surface area contributed by atoms with Crippen molar-refractivity contribution in [2.75, 3.05) is 59.9 Å². The molecule has 1 aliphatic carbocycles. The van der Waals surface area contributed by atoms with Gasteiger partial charge in [-0.3, -0.25) is 4.90 Å². The largest absolute Gasteiger partial charge is 0.490 e. The van der Waals surface area contributed by atoms with Crippen LogP contribution in [0.5, 0.6) is 5.75 Å². The topological polar surface area (TPSA) is 63.2 Å². The van der Waals surface area contributed by atoms with Crippen molar-refractivity contribution < 1.29 is 9.84 Å². The summed E-state index contributed by atoms with van der Waals surface area (Å²) in [5, 5.41) is 17.6. The molecule has 0 atom stereocenters. The van der Waals surface area contributed by atoms with Crippen LogP contribution in [-0.4, -0.2) is 91.9 Å². The number of benzene rings is 1. The van der Waals surface area contributed by atoms with Crippen LogP contribution in [0.1, 0.15) is 37.8 Å². The van der Waals surface area contributed by atoms with Gasteiger partial charge in [0.25, 0.3) is 0 Å². The van der Waals surface area contributed by atoms with E-state index >= 15 is 0 Å². The zero-order chi connectivity index (χ0) is 24.6. The fourth-order valence-electron chi connectivity index (χ4n) is 5.38. The molecule has 190 valence electrons. The van der Waals surface area contributed by atoms with Crippen LogP contribution in [0, 0.1) is 0 Å². The molecule has 0 unspecified atom stereocenters. The molecular formula is C28H41N5O2. The van der Waals surface area contributed by atoms with Gasteiger partial charge in [-0.15, -0.1) is 0 Å². The molecule has 0 aromatic heterocycles. The highest BCUT2D eigenvalue weighted by molar-refractivity contribution is 5.88. The molecule has 1 saturated heterocycles. The highest BCUT2D eigenvalue weighted by Crippen LogP contribution is 2.41. The van der Waals surface area contributed by atoms with Crippen molar-refractivity contribution in [3.05, 3.63) is 59.1 Å². The van der Waals surface area contributed by atoms with Crippen molar-refractivity contribution in [2.45, 2.75) is 44.4 Å². The lowest BCUT2D eigenvalue weighted by molar-refractivity contribution is 0.0247. The third-order valence-electron chi connectivity index (χ3n) is 7.79. The van der Waals surface area contributed by atoms with Gasteiger partial charge >= 0.3 is 0 Å². The van der Waals surface area contributed by atoms with Gasteiger partial charge in [-0.2, -0.15) is 0 Å². The third kappa shape index (κ3) is 5.43. The van der Waals surface area contributed by atoms with Crippen LogP contribution < -0.4 is 15.4 Å². The Kier molecular flexibility index (Phi) is 6.95. The SMILES string of the molecule is CN1C=C2NCC=C2C(c2cc(C(C)(C)O)ccc2OC2CC(N(C)CCN3CCNCC3)C2)=C1. The fraction of sp³-hybridized carbons (Fsp3) is 0.571. The molecule has 7 nitrogen and oxygen atoms in total. The van der Waals surface area contributed by atoms with Gasteiger partial charge in [0.2, 0.25) is 0 Å². The van der Waals surface area contributed by atoms with E-state index in [9.17, 15) is 5.11 Å². The highest BCUT2D eigenvalue weighted by atomic mass is 16.5. The maximum atomic E-state index is 10.7. The number of likely N-dealkylation sites (N-methyl/N-ethyl adjacent to an activating group) is 1. The molecule has 1 saturated carbocycles. The summed E-state index contributed by atoms with van der Waals surface area (Å²) in [6, 6.07) is 6.73. The average Bonchev–Trinajstić information content (AvgIpc) is 3.27. The standard InChI is InChI=1S/C28H41N5O2/c1-28(2,34)20-5-6-27(24(15-20)25-18-31(3)19-26-23(25)7-8-30-26)35-22-16-21(17-22)32(4)13-14-33-11-9-29-10-12-33/h5-7,15,18-19,21-22,29-30,34H,8-14,16-17H2,1-4H3. The van der Waals surface area contributed by atoms with E-state index in [1.165, 1.54) is 5.57 Å². The zero-order valence-corrected chi connectivity index (χ0v) is 21.7. The molecule has 5 rings (SSSR count). The molecule has 3 N–H and O–H groups in total. The first-order valence-electron chi connectivity index (χ1n) is 13.1. The molecule has 3 aliphatic heterocycles. The summed E-state index contributed by atoms with van der Waals surface area (Å²) >= 11 is 0. The minimum atomic E-state index is -0.913. The molecule has 35 heavy (non-hydrogen) atoms. The Labute approximate surface area is 210 Å². The molecule has 7 heteroatoms. The van der Waals surface area contributed by atoms with Crippen molar-refractivity contribution in [1.82, 2.24) is 25.3 Å². The summed E-state index contributed by atoms with van der Waals surface area (Å²) in [5.74, 6) is 0.901. The Morgan fingerprint density at radius 2 is 1.91 bits per heavy atom. The Morgan fingerprint density at radius 1 is 1.14 bits per heavy atom. The van der Waals surface area contributed by atoms with Crippen LogP contribution in [0.25, 0.3) is 5.57 Å². The number of hydrogen-bond donors (Lipinski definition) is 3. The number of allylic oxidation sites excluding steroid dienone is 1. The summed E-state index contributed by atoms with van der Waals surface area (Å²) in [7, 11) is 4.31. The van der Waals surface area contributed by atoms with Gasteiger partial charge in [0.05, 0.1) is 11.3 Å². The summed E-state index contributed by atoms with van der Waals surface area (Å²) in [6.45, 7) is 11.3. The van der Waals surface area contributed by atoms with E-state index in [0.29, 0.717) is 6.04 Å². The number of aliphatic hydroxyl groups is 1. The number of nitrogens with one attached hydrogen (secondary N) is 2. The second-order valence-electron chi connectivity index (χ2n) is 11.0. The van der Waals surface area contributed by atoms with Gasteiger partial charge in [0.15, 0.2) is 0 Å². The predicted molar refractivity (Wildman–Crippen MR) is 141 cm³/mol. The number of fused-ring (bicyclic) bond motifs is 1. The minimum absolute atomic E-state index is 0.223. The predicted octanol–water partition coefficient (Wildman–Crippen LogP) is 2.32. The number of ether oxygens (including phenoxy) is 1. The first-order valence-corrected chi connectivity index (χ1v) is 13.1. The molecule has 3 heterocycles. The van der Waals surface area contributed by atoms with Crippen molar-refractivity contribution in [2.24, 2.45) is 0 Å². The summed E-state index contributed by atoms with van der Waals surface area (Å²) < 4.78 is 6.61. The van der Waals surface area contributed by atoms with Crippen LogP contribution in [0.15, 0.2) is 47.9 Å². The Bertz CT molecular complexity index is 1010. The van der Waals surface area contributed by atoms with Gasteiger partial charge in [0, 0.05) is 101 Å². The second kappa shape index (κ2) is 9.97. The van der Waals surface area contributed by atoms with E-state index in [2.05, 4.69) is 64.0 Å². The van der Waals surface area contributed by atoms with Crippen LogP contribution in [0.3, 0.4) is 0 Å². The van der Waals surface area contributed by atoms with Crippen LogP contribution in [-0.2, 0) is 5.60 Å². The lowest BCUT2D eigenvalue weighted by atomic mass is 9.87. The first kappa shape index (κ1) is 24.4. The van der Waals surface area contributed by atoms with Crippen molar-refractivity contribution in [3.8, 4) is 5.75 Å². The normalized spacial score (nSPS) is 24.9. The first-order chi connectivity index (χ1) is 16.8. The molecule has 1 aromatic rings. The molecule has 0 radical (unpaired) electrons. The third-order valence-corrected chi connectivity index (χ3v) is 7.79. The quantitative estimate of drug-likeness (QED) is 0.529. The van der Waals surface area contributed by atoms with Crippen molar-refractivity contribution in [1.29, 1.82) is 0 Å². The van der Waals surface area contributed by atoms with Crippen LogP contribution >= 0.6 is 0 Å². The maximum absolute atomic E-state index is 10.7. The van der Waals surface area contributed by atoms with E-state index < -0.39 is 5.60 Å². The fourth-order valence-corrected chi connectivity index (χ4v) is 5.38. The molecule has 1 aromatic carbocycles. The zero-order valence-electron chi connectivity index (χ0n) is 21.7. The molecule has 0 spiro atoms. The van der Waals surface area contributed by atoms with E-state index in [-0.39, 0.29) is 6.10 Å². The molecule has 4 aliphatic rings. The molecule has 2 fully saturated rings. The Balaban J connectivity index is 1.27. The smallest absolute Gasteiger partial charge is 0.127 e. The molecular weight excluding hydrogens is 438 g/mol. The van der Waals surface area contributed by atoms with Gasteiger partial charge in [-0.05, 0) is 38.6 Å². The minimum Gasteiger partial charge on any atom is -0.490 e. The maximum Gasteiger partial charge on any atom is 0.127 e. The van der Waals surface area contributed by atoms with Gasteiger partial charge in [0.1, 0.15) is 11.9 Å². The summed E-state index contributed by atoms with van der Waals surface area (Å²) in [6.07, 6.45) is 8.85. The van der Waals surface area contributed by atoms with Crippen LogP contribution in [0.2, 0.25) is 0 Å². The number of nitrogens with zero attached hydrogens (tertiary/aromatic N) is 3. The van der Waals surface area contributed by atoms with E-state index in [1.807, 2.05) is 26.0 Å². The van der Waals surface area contributed by atoms with Gasteiger partial charge < -0.3 is 30.3 Å². The average molecular weight is 480 g/mol. The summed E-state index contributed by atoms with van der Waals surface area (Å²) in [4.78, 5) is 7.15. The Hall–Kier alpha value is -2.32. The summed E-state index contributed by atoms with van der Waals surface area (Å²) in [5.41, 5.74) is 4.52. The van der Waals surface area contributed by atoms with E-state index in [1.54, 1.807) is 0 Å². The van der Waals surface area contributed by atoms with Crippen molar-refractivity contribution >= 4 is 5.57 Å². The number of hydrogen-bond acceptors (Lipinski definition) is 7.